The molecule has 0 spiro atoms. The molecule has 0 amide bonds. The van der Waals surface area contributed by atoms with Gasteiger partial charge in [0, 0.05) is 6.04 Å². The minimum Gasteiger partial charge on any atom is -0.320 e. The SMILES string of the molecule is CCCCC(N(CCC)CCC)C(C)(N)c1ccccc1. The second kappa shape index (κ2) is 9.22. The molecule has 0 aliphatic heterocycles. The first-order valence-corrected chi connectivity index (χ1v) is 8.66. The van der Waals surface area contributed by atoms with E-state index in [1.165, 1.54) is 37.7 Å². The molecular formula is C19H34N2. The van der Waals surface area contributed by atoms with E-state index in [2.05, 4.69) is 62.9 Å². The van der Waals surface area contributed by atoms with Gasteiger partial charge in [-0.2, -0.15) is 0 Å². The number of nitrogens with zero attached hydrogens (tertiary/aromatic N) is 1. The average Bonchev–Trinajstić information content (AvgIpc) is 2.49. The standard InChI is InChI=1S/C19H34N2/c1-5-8-14-18(21(15-6-2)16-7-3)19(4,20)17-12-10-9-11-13-17/h9-13,18H,5-8,14-16,20H2,1-4H3. The molecule has 2 N–H and O–H groups in total. The molecule has 21 heavy (non-hydrogen) atoms. The molecule has 0 radical (unpaired) electrons. The van der Waals surface area contributed by atoms with Gasteiger partial charge in [0.15, 0.2) is 0 Å². The maximum Gasteiger partial charge on any atom is 0.0538 e. The summed E-state index contributed by atoms with van der Waals surface area (Å²) in [5.41, 5.74) is 7.81. The van der Waals surface area contributed by atoms with Gasteiger partial charge in [0.2, 0.25) is 0 Å². The number of hydrogen-bond donors (Lipinski definition) is 1. The molecule has 2 heteroatoms. The summed E-state index contributed by atoms with van der Waals surface area (Å²) in [6.07, 6.45) is 6.03. The molecule has 120 valence electrons. The highest BCUT2D eigenvalue weighted by atomic mass is 15.2. The zero-order valence-electron chi connectivity index (χ0n) is 14.4. The smallest absolute Gasteiger partial charge is 0.0538 e. The first kappa shape index (κ1) is 18.2. The fourth-order valence-corrected chi connectivity index (χ4v) is 3.25. The third-order valence-corrected chi connectivity index (χ3v) is 4.38. The van der Waals surface area contributed by atoms with Crippen LogP contribution in [0.1, 0.15) is 65.4 Å². The molecule has 0 saturated heterocycles. The normalized spacial score (nSPS) is 15.9. The molecule has 0 aliphatic rings. The van der Waals surface area contributed by atoms with E-state index in [1.807, 2.05) is 0 Å². The minimum atomic E-state index is -0.291. The predicted molar refractivity (Wildman–Crippen MR) is 93.4 cm³/mol. The fourth-order valence-electron chi connectivity index (χ4n) is 3.25. The summed E-state index contributed by atoms with van der Waals surface area (Å²) in [4.78, 5) is 2.61. The highest BCUT2D eigenvalue weighted by Crippen LogP contribution is 2.29. The van der Waals surface area contributed by atoms with Crippen LogP contribution in [-0.4, -0.2) is 24.0 Å². The van der Waals surface area contributed by atoms with Crippen LogP contribution < -0.4 is 5.73 Å². The van der Waals surface area contributed by atoms with Crippen LogP contribution in [0.3, 0.4) is 0 Å². The molecule has 0 aromatic heterocycles. The van der Waals surface area contributed by atoms with Gasteiger partial charge in [-0.3, -0.25) is 4.90 Å². The van der Waals surface area contributed by atoms with E-state index < -0.39 is 0 Å². The van der Waals surface area contributed by atoms with Crippen LogP contribution in [0.5, 0.6) is 0 Å². The van der Waals surface area contributed by atoms with Crippen LogP contribution in [0.4, 0.5) is 0 Å². The second-order valence-corrected chi connectivity index (χ2v) is 6.34. The molecular weight excluding hydrogens is 256 g/mol. The van der Waals surface area contributed by atoms with Crippen molar-refractivity contribution in [3.63, 3.8) is 0 Å². The Morgan fingerprint density at radius 2 is 1.57 bits per heavy atom. The topological polar surface area (TPSA) is 29.3 Å². The summed E-state index contributed by atoms with van der Waals surface area (Å²) >= 11 is 0. The van der Waals surface area contributed by atoms with E-state index >= 15 is 0 Å². The van der Waals surface area contributed by atoms with Gasteiger partial charge in [0.25, 0.3) is 0 Å². The Labute approximate surface area is 131 Å². The zero-order chi connectivity index (χ0) is 15.7. The Bertz CT molecular complexity index is 366. The monoisotopic (exact) mass is 290 g/mol. The average molecular weight is 290 g/mol. The van der Waals surface area contributed by atoms with Crippen molar-refractivity contribution in [2.45, 2.75) is 71.4 Å². The summed E-state index contributed by atoms with van der Waals surface area (Å²) in [5.74, 6) is 0. The molecule has 2 nitrogen and oxygen atoms in total. The lowest BCUT2D eigenvalue weighted by atomic mass is 9.81. The minimum absolute atomic E-state index is 0.291. The van der Waals surface area contributed by atoms with Crippen molar-refractivity contribution in [2.75, 3.05) is 13.1 Å². The van der Waals surface area contributed by atoms with Crippen LogP contribution >= 0.6 is 0 Å². The van der Waals surface area contributed by atoms with Crippen LogP contribution in [0.25, 0.3) is 0 Å². The Kier molecular flexibility index (Phi) is 7.98. The molecule has 0 aliphatic carbocycles. The van der Waals surface area contributed by atoms with Crippen molar-refractivity contribution < 1.29 is 0 Å². The Hall–Kier alpha value is -0.860. The van der Waals surface area contributed by atoms with Crippen LogP contribution in [0, 0.1) is 0 Å². The maximum absolute atomic E-state index is 6.84. The number of benzene rings is 1. The molecule has 2 atom stereocenters. The van der Waals surface area contributed by atoms with E-state index in [0.29, 0.717) is 6.04 Å². The van der Waals surface area contributed by atoms with Crippen molar-refractivity contribution in [3.05, 3.63) is 35.9 Å². The van der Waals surface area contributed by atoms with Crippen molar-refractivity contribution in [1.82, 2.24) is 4.90 Å². The van der Waals surface area contributed by atoms with Crippen molar-refractivity contribution in [3.8, 4) is 0 Å². The second-order valence-electron chi connectivity index (χ2n) is 6.34. The summed E-state index contributed by atoms with van der Waals surface area (Å²) in [5, 5.41) is 0. The highest BCUT2D eigenvalue weighted by molar-refractivity contribution is 5.25. The first-order chi connectivity index (χ1) is 10.1. The van der Waals surface area contributed by atoms with Crippen molar-refractivity contribution in [2.24, 2.45) is 5.73 Å². The Morgan fingerprint density at radius 1 is 1.00 bits per heavy atom. The Morgan fingerprint density at radius 3 is 2.05 bits per heavy atom. The van der Waals surface area contributed by atoms with E-state index in [0.717, 1.165) is 13.1 Å². The maximum atomic E-state index is 6.84. The van der Waals surface area contributed by atoms with Gasteiger partial charge in [-0.1, -0.05) is 63.9 Å². The largest absolute Gasteiger partial charge is 0.320 e. The Balaban J connectivity index is 3.03. The number of rotatable bonds is 10. The van der Waals surface area contributed by atoms with Gasteiger partial charge in [0.1, 0.15) is 0 Å². The van der Waals surface area contributed by atoms with Gasteiger partial charge < -0.3 is 5.73 Å². The van der Waals surface area contributed by atoms with Gasteiger partial charge >= 0.3 is 0 Å². The van der Waals surface area contributed by atoms with Crippen LogP contribution in [0.2, 0.25) is 0 Å². The molecule has 0 heterocycles. The number of hydrogen-bond acceptors (Lipinski definition) is 2. The third kappa shape index (κ3) is 5.12. The highest BCUT2D eigenvalue weighted by Gasteiger charge is 2.35. The predicted octanol–water partition coefficient (Wildman–Crippen LogP) is 4.54. The lowest BCUT2D eigenvalue weighted by Crippen LogP contribution is -2.54. The van der Waals surface area contributed by atoms with Crippen molar-refractivity contribution >= 4 is 0 Å². The summed E-state index contributed by atoms with van der Waals surface area (Å²) < 4.78 is 0. The van der Waals surface area contributed by atoms with Crippen molar-refractivity contribution in [1.29, 1.82) is 0 Å². The molecule has 1 aromatic carbocycles. The van der Waals surface area contributed by atoms with Gasteiger partial charge in [0.05, 0.1) is 5.54 Å². The van der Waals surface area contributed by atoms with E-state index in [1.54, 1.807) is 0 Å². The summed E-state index contributed by atoms with van der Waals surface area (Å²) in [7, 11) is 0. The lowest BCUT2D eigenvalue weighted by molar-refractivity contribution is 0.115. The molecule has 0 bridgehead atoms. The van der Waals surface area contributed by atoms with Crippen LogP contribution in [0.15, 0.2) is 30.3 Å². The van der Waals surface area contributed by atoms with Crippen LogP contribution in [-0.2, 0) is 5.54 Å². The molecule has 0 saturated carbocycles. The lowest BCUT2D eigenvalue weighted by Gasteiger charge is -2.42. The quantitative estimate of drug-likeness (QED) is 0.685. The first-order valence-electron chi connectivity index (χ1n) is 8.66. The summed E-state index contributed by atoms with van der Waals surface area (Å²) in [6, 6.07) is 11.0. The van der Waals surface area contributed by atoms with Gasteiger partial charge in [-0.25, -0.2) is 0 Å². The fraction of sp³-hybridized carbons (Fsp3) is 0.684. The number of nitrogens with two attached hydrogens (primary N) is 1. The summed E-state index contributed by atoms with van der Waals surface area (Å²) in [6.45, 7) is 11.3. The third-order valence-electron chi connectivity index (χ3n) is 4.38. The molecule has 0 fully saturated rings. The zero-order valence-corrected chi connectivity index (χ0v) is 14.4. The number of unbranched alkanes of at least 4 members (excludes halogenated alkanes) is 1. The molecule has 1 rings (SSSR count). The van der Waals surface area contributed by atoms with Gasteiger partial charge in [-0.15, -0.1) is 0 Å². The van der Waals surface area contributed by atoms with Gasteiger partial charge in [-0.05, 0) is 44.8 Å². The molecule has 1 aromatic rings. The molecule has 2 unspecified atom stereocenters. The van der Waals surface area contributed by atoms with E-state index in [9.17, 15) is 0 Å². The van der Waals surface area contributed by atoms with E-state index in [-0.39, 0.29) is 5.54 Å². The van der Waals surface area contributed by atoms with E-state index in [4.69, 9.17) is 5.73 Å².